The van der Waals surface area contributed by atoms with Gasteiger partial charge in [0.1, 0.15) is 11.5 Å². The monoisotopic (exact) mass is 300 g/mol. The Kier molecular flexibility index (Phi) is 3.80. The molecule has 22 heavy (non-hydrogen) atoms. The van der Waals surface area contributed by atoms with E-state index in [0.717, 1.165) is 11.1 Å². The van der Waals surface area contributed by atoms with E-state index in [0.29, 0.717) is 12.1 Å². The van der Waals surface area contributed by atoms with Crippen molar-refractivity contribution in [3.8, 4) is 0 Å². The molecule has 0 aliphatic heterocycles. The summed E-state index contributed by atoms with van der Waals surface area (Å²) in [7, 11) is 1.36. The Morgan fingerprint density at radius 3 is 2.82 bits per heavy atom. The van der Waals surface area contributed by atoms with Crippen molar-refractivity contribution in [3.05, 3.63) is 59.9 Å². The van der Waals surface area contributed by atoms with Crippen LogP contribution in [-0.2, 0) is 11.4 Å². The second-order valence-corrected chi connectivity index (χ2v) is 4.69. The fraction of sp³-hybridized carbons (Fsp3) is 0.133. The van der Waals surface area contributed by atoms with E-state index in [2.05, 4.69) is 20.3 Å². The third-order valence-corrected chi connectivity index (χ3v) is 3.20. The number of amides is 1. The number of carbonyl (C=O) groups is 1. The minimum Gasteiger partial charge on any atom is -0.325 e. The number of nitrogens with one attached hydrogen (secondary N) is 1. The van der Waals surface area contributed by atoms with Crippen LogP contribution < -0.4 is 5.48 Å². The second-order valence-electron chi connectivity index (χ2n) is 4.69. The van der Waals surface area contributed by atoms with Gasteiger partial charge in [0.15, 0.2) is 0 Å². The molecule has 6 nitrogen and oxygen atoms in total. The van der Waals surface area contributed by atoms with Crippen LogP contribution in [0.15, 0.2) is 42.9 Å². The van der Waals surface area contributed by atoms with Crippen molar-refractivity contribution in [2.75, 3.05) is 7.11 Å². The molecule has 0 fully saturated rings. The molecule has 2 aromatic heterocycles. The van der Waals surface area contributed by atoms with E-state index in [1.54, 1.807) is 30.7 Å². The number of hydroxylamine groups is 1. The Bertz CT molecular complexity index is 814. The predicted molar refractivity (Wildman–Crippen MR) is 77.5 cm³/mol. The normalized spacial score (nSPS) is 10.8. The lowest BCUT2D eigenvalue weighted by Crippen LogP contribution is -2.22. The molecule has 0 bridgehead atoms. The van der Waals surface area contributed by atoms with Crippen molar-refractivity contribution >= 4 is 16.9 Å². The van der Waals surface area contributed by atoms with Gasteiger partial charge in [-0.05, 0) is 23.8 Å². The first-order chi connectivity index (χ1) is 10.7. The van der Waals surface area contributed by atoms with Crippen molar-refractivity contribution in [2.24, 2.45) is 0 Å². The average Bonchev–Trinajstić information content (AvgIpc) is 2.92. The lowest BCUT2D eigenvalue weighted by molar-refractivity contribution is 0.0532. The van der Waals surface area contributed by atoms with E-state index in [-0.39, 0.29) is 11.5 Å². The molecule has 0 spiro atoms. The quantitative estimate of drug-likeness (QED) is 0.747. The number of hydrogen-bond donors (Lipinski definition) is 1. The lowest BCUT2D eigenvalue weighted by Gasteiger charge is -2.05. The molecule has 0 unspecified atom stereocenters. The molecule has 7 heteroatoms. The number of hydrogen-bond acceptors (Lipinski definition) is 4. The summed E-state index contributed by atoms with van der Waals surface area (Å²) >= 11 is 0. The molecule has 2 heterocycles. The van der Waals surface area contributed by atoms with Gasteiger partial charge in [0.25, 0.3) is 5.91 Å². The van der Waals surface area contributed by atoms with Crippen LogP contribution in [0.3, 0.4) is 0 Å². The van der Waals surface area contributed by atoms with Crippen LogP contribution in [0.25, 0.3) is 11.0 Å². The van der Waals surface area contributed by atoms with Crippen molar-refractivity contribution < 1.29 is 14.0 Å². The van der Waals surface area contributed by atoms with Crippen LogP contribution in [0.1, 0.15) is 16.1 Å². The molecule has 0 radical (unpaired) electrons. The summed E-state index contributed by atoms with van der Waals surface area (Å²) < 4.78 is 14.8. The largest absolute Gasteiger partial charge is 0.325 e. The van der Waals surface area contributed by atoms with Crippen LogP contribution >= 0.6 is 0 Å². The molecule has 112 valence electrons. The molecule has 1 N–H and O–H groups in total. The fourth-order valence-electron chi connectivity index (χ4n) is 2.14. The fourth-order valence-corrected chi connectivity index (χ4v) is 2.14. The summed E-state index contributed by atoms with van der Waals surface area (Å²) in [4.78, 5) is 24.6. The summed E-state index contributed by atoms with van der Waals surface area (Å²) in [5, 5.41) is 0. The Balaban J connectivity index is 1.89. The molecule has 1 aromatic carbocycles. The maximum Gasteiger partial charge on any atom is 0.293 e. The average molecular weight is 300 g/mol. The highest BCUT2D eigenvalue weighted by atomic mass is 19.1. The molecule has 0 saturated carbocycles. The van der Waals surface area contributed by atoms with Gasteiger partial charge < -0.3 is 4.57 Å². The first-order valence-electron chi connectivity index (χ1n) is 6.56. The highest BCUT2D eigenvalue weighted by Gasteiger charge is 2.10. The van der Waals surface area contributed by atoms with Crippen LogP contribution in [0, 0.1) is 5.82 Å². The molecule has 0 atom stereocenters. The zero-order valence-corrected chi connectivity index (χ0v) is 11.8. The van der Waals surface area contributed by atoms with Crippen molar-refractivity contribution in [1.29, 1.82) is 0 Å². The molecule has 1 amide bonds. The van der Waals surface area contributed by atoms with Gasteiger partial charge in [-0.1, -0.05) is 12.1 Å². The lowest BCUT2D eigenvalue weighted by atomic mass is 10.2. The van der Waals surface area contributed by atoms with E-state index >= 15 is 0 Å². The minimum atomic E-state index is -0.433. The van der Waals surface area contributed by atoms with Gasteiger partial charge in [-0.25, -0.2) is 19.8 Å². The van der Waals surface area contributed by atoms with Crippen molar-refractivity contribution in [2.45, 2.75) is 6.54 Å². The smallest absolute Gasteiger partial charge is 0.293 e. The van der Waals surface area contributed by atoms with Crippen LogP contribution in [-0.4, -0.2) is 27.6 Å². The summed E-state index contributed by atoms with van der Waals surface area (Å²) in [5.74, 6) is -0.702. The zero-order chi connectivity index (χ0) is 15.5. The topological polar surface area (TPSA) is 69.0 Å². The molecule has 0 aliphatic rings. The van der Waals surface area contributed by atoms with E-state index < -0.39 is 5.91 Å². The summed E-state index contributed by atoms with van der Waals surface area (Å²) in [6, 6.07) is 7.86. The van der Waals surface area contributed by atoms with Gasteiger partial charge in [-0.15, -0.1) is 0 Å². The van der Waals surface area contributed by atoms with Gasteiger partial charge in [0.05, 0.1) is 30.7 Å². The first kappa shape index (κ1) is 14.2. The maximum absolute atomic E-state index is 12.9. The summed E-state index contributed by atoms with van der Waals surface area (Å²) in [6.07, 6.45) is 3.24. The zero-order valence-electron chi connectivity index (χ0n) is 11.8. The van der Waals surface area contributed by atoms with Gasteiger partial charge in [-0.2, -0.15) is 0 Å². The van der Waals surface area contributed by atoms with Gasteiger partial charge in [-0.3, -0.25) is 9.63 Å². The Hall–Kier alpha value is -2.80. The molecule has 3 aromatic rings. The number of benzene rings is 1. The van der Waals surface area contributed by atoms with Crippen LogP contribution in [0.4, 0.5) is 4.39 Å². The van der Waals surface area contributed by atoms with E-state index in [1.807, 2.05) is 4.57 Å². The second kappa shape index (κ2) is 5.90. The van der Waals surface area contributed by atoms with Crippen LogP contribution in [0.5, 0.6) is 0 Å². The molecular weight excluding hydrogens is 287 g/mol. The predicted octanol–water partition coefficient (Wildman–Crippen LogP) is 1.91. The Morgan fingerprint density at radius 2 is 2.09 bits per heavy atom. The van der Waals surface area contributed by atoms with E-state index in [1.165, 1.54) is 19.2 Å². The van der Waals surface area contributed by atoms with E-state index in [4.69, 9.17) is 0 Å². The van der Waals surface area contributed by atoms with Gasteiger partial charge in [0, 0.05) is 6.54 Å². The number of nitrogens with zero attached hydrogens (tertiary/aromatic N) is 3. The minimum absolute atomic E-state index is 0.224. The van der Waals surface area contributed by atoms with Gasteiger partial charge in [0.2, 0.25) is 0 Å². The Morgan fingerprint density at radius 1 is 1.32 bits per heavy atom. The Labute approximate surface area is 125 Å². The number of carbonyl (C=O) groups excluding carboxylic acids is 1. The van der Waals surface area contributed by atoms with Gasteiger partial charge >= 0.3 is 0 Å². The van der Waals surface area contributed by atoms with Crippen LogP contribution in [0.2, 0.25) is 0 Å². The third-order valence-electron chi connectivity index (χ3n) is 3.20. The number of halogens is 1. The SMILES string of the molecule is CONC(=O)c1cc2ncn(Cc3ccc(F)cc3)c2cn1. The van der Waals surface area contributed by atoms with Crippen molar-refractivity contribution in [1.82, 2.24) is 20.0 Å². The standard InChI is InChI=1S/C15H13FN4O2/c1-22-19-15(21)13-6-12-14(7-17-13)20(9-18-12)8-10-2-4-11(16)5-3-10/h2-7,9H,8H2,1H3,(H,19,21). The molecular formula is C15H13FN4O2. The molecule has 0 saturated heterocycles. The van der Waals surface area contributed by atoms with E-state index in [9.17, 15) is 9.18 Å². The summed E-state index contributed by atoms with van der Waals surface area (Å²) in [6.45, 7) is 0.544. The first-order valence-corrected chi connectivity index (χ1v) is 6.56. The summed E-state index contributed by atoms with van der Waals surface area (Å²) in [5.41, 5.74) is 4.82. The maximum atomic E-state index is 12.9. The number of fused-ring (bicyclic) bond motifs is 1. The number of aromatic nitrogens is 3. The third kappa shape index (κ3) is 2.79. The highest BCUT2D eigenvalue weighted by molar-refractivity contribution is 5.94. The number of pyridine rings is 1. The highest BCUT2D eigenvalue weighted by Crippen LogP contribution is 2.15. The molecule has 3 rings (SSSR count). The van der Waals surface area contributed by atoms with Crippen molar-refractivity contribution in [3.63, 3.8) is 0 Å². The number of rotatable bonds is 4. The number of imidazole rings is 1. The molecule has 0 aliphatic carbocycles.